The van der Waals surface area contributed by atoms with Gasteiger partial charge in [-0.3, -0.25) is 4.57 Å². The van der Waals surface area contributed by atoms with Crippen molar-refractivity contribution in [2.45, 2.75) is 31.3 Å². The first-order valence-corrected chi connectivity index (χ1v) is 10.6. The molecule has 1 aromatic carbocycles. The molecule has 0 aliphatic heterocycles. The maximum absolute atomic E-state index is 5.80. The second kappa shape index (κ2) is 8.32. The van der Waals surface area contributed by atoms with E-state index in [-0.39, 0.29) is 0 Å². The van der Waals surface area contributed by atoms with E-state index in [4.69, 9.17) is 8.83 Å². The van der Waals surface area contributed by atoms with Gasteiger partial charge in [-0.15, -0.1) is 20.4 Å². The molecule has 9 heteroatoms. The Balaban J connectivity index is 1.51. The molecule has 4 aromatic rings. The average Bonchev–Trinajstić information content (AvgIpc) is 3.41. The number of benzene rings is 1. The quantitative estimate of drug-likeness (QED) is 0.346. The Labute approximate surface area is 174 Å². The van der Waals surface area contributed by atoms with Crippen LogP contribution in [0, 0.1) is 5.92 Å². The maximum atomic E-state index is 5.80. The number of thioether (sulfide) groups is 1. The Kier molecular flexibility index (Phi) is 5.63. The lowest BCUT2D eigenvalue weighted by Crippen LogP contribution is -2.07. The van der Waals surface area contributed by atoms with Crippen LogP contribution in [0.4, 0.5) is 0 Å². The van der Waals surface area contributed by atoms with Gasteiger partial charge in [0, 0.05) is 16.6 Å². The van der Waals surface area contributed by atoms with Gasteiger partial charge in [0.2, 0.25) is 11.8 Å². The monoisotopic (exact) mass is 459 g/mol. The van der Waals surface area contributed by atoms with Crippen molar-refractivity contribution in [1.29, 1.82) is 0 Å². The molecule has 0 fully saturated rings. The lowest BCUT2D eigenvalue weighted by molar-refractivity contribution is 0.488. The first kappa shape index (κ1) is 18.9. The molecule has 0 atom stereocenters. The Bertz CT molecular complexity index is 1040. The van der Waals surface area contributed by atoms with Crippen LogP contribution < -0.4 is 0 Å². The molecule has 4 rings (SSSR count). The van der Waals surface area contributed by atoms with E-state index in [1.807, 2.05) is 36.4 Å². The van der Waals surface area contributed by atoms with Crippen molar-refractivity contribution in [3.05, 3.63) is 53.0 Å². The van der Waals surface area contributed by atoms with Gasteiger partial charge >= 0.3 is 0 Å². The van der Waals surface area contributed by atoms with Crippen molar-refractivity contribution in [2.75, 3.05) is 0 Å². The smallest absolute Gasteiger partial charge is 0.247 e. The van der Waals surface area contributed by atoms with Crippen LogP contribution in [0.5, 0.6) is 0 Å². The van der Waals surface area contributed by atoms with Crippen LogP contribution in [0.25, 0.3) is 23.0 Å². The third-order valence-corrected chi connectivity index (χ3v) is 5.37. The van der Waals surface area contributed by atoms with Crippen molar-refractivity contribution in [3.8, 4) is 23.0 Å². The summed E-state index contributed by atoms with van der Waals surface area (Å²) >= 11 is 4.94. The van der Waals surface area contributed by atoms with E-state index in [2.05, 4.69) is 54.7 Å². The topological polar surface area (TPSA) is 82.8 Å². The van der Waals surface area contributed by atoms with Gasteiger partial charge < -0.3 is 8.83 Å². The molecule has 0 aliphatic carbocycles. The van der Waals surface area contributed by atoms with Crippen molar-refractivity contribution < 1.29 is 8.83 Å². The van der Waals surface area contributed by atoms with Crippen LogP contribution in [0.15, 0.2) is 61.1 Å². The normalized spacial score (nSPS) is 11.4. The summed E-state index contributed by atoms with van der Waals surface area (Å²) in [6.07, 6.45) is 1.64. The summed E-state index contributed by atoms with van der Waals surface area (Å²) in [6.45, 7) is 5.10. The van der Waals surface area contributed by atoms with E-state index >= 15 is 0 Å². The standard InChI is InChI=1S/C19H18BrN5O2S/c1-12(2)10-25-17(15-4-3-9-26-15)22-24-19(25)28-11-16-21-23-18(27-16)13-5-7-14(20)8-6-13/h3-9,12H,10-11H2,1-2H3. The molecule has 0 N–H and O–H groups in total. The van der Waals surface area contributed by atoms with E-state index in [9.17, 15) is 0 Å². The first-order valence-electron chi connectivity index (χ1n) is 8.78. The first-order chi connectivity index (χ1) is 13.6. The van der Waals surface area contributed by atoms with E-state index in [0.717, 1.165) is 27.6 Å². The zero-order valence-corrected chi connectivity index (χ0v) is 17.8. The second-order valence-corrected chi connectivity index (χ2v) is 8.44. The van der Waals surface area contributed by atoms with Crippen molar-refractivity contribution >= 4 is 27.7 Å². The highest BCUT2D eigenvalue weighted by Crippen LogP contribution is 2.28. The lowest BCUT2D eigenvalue weighted by atomic mass is 10.2. The van der Waals surface area contributed by atoms with Gasteiger partial charge in [0.05, 0.1) is 12.0 Å². The van der Waals surface area contributed by atoms with Crippen LogP contribution in [0.2, 0.25) is 0 Å². The van der Waals surface area contributed by atoms with E-state index in [0.29, 0.717) is 29.2 Å². The van der Waals surface area contributed by atoms with Gasteiger partial charge in [-0.05, 0) is 42.3 Å². The minimum Gasteiger partial charge on any atom is -0.461 e. The minimum atomic E-state index is 0.441. The SMILES string of the molecule is CC(C)Cn1c(SCc2nnc(-c3ccc(Br)cc3)o2)nnc1-c1ccco1. The molecule has 0 saturated carbocycles. The fourth-order valence-electron chi connectivity index (χ4n) is 2.66. The summed E-state index contributed by atoms with van der Waals surface area (Å²) in [5.74, 6) is 3.43. The van der Waals surface area contributed by atoms with E-state index in [1.165, 1.54) is 11.8 Å². The van der Waals surface area contributed by atoms with Gasteiger partial charge in [-0.1, -0.05) is 41.5 Å². The third kappa shape index (κ3) is 4.20. The number of halogens is 1. The molecule has 0 unspecified atom stereocenters. The lowest BCUT2D eigenvalue weighted by Gasteiger charge is -2.10. The molecule has 0 spiro atoms. The van der Waals surface area contributed by atoms with Gasteiger partial charge in [-0.25, -0.2) is 0 Å². The molecule has 7 nitrogen and oxygen atoms in total. The molecule has 0 radical (unpaired) electrons. The molecule has 28 heavy (non-hydrogen) atoms. The third-order valence-electron chi connectivity index (χ3n) is 3.89. The number of hydrogen-bond donors (Lipinski definition) is 0. The molecule has 144 valence electrons. The van der Waals surface area contributed by atoms with E-state index in [1.54, 1.807) is 6.26 Å². The fraction of sp³-hybridized carbons (Fsp3) is 0.263. The Morgan fingerprint density at radius 3 is 2.61 bits per heavy atom. The zero-order valence-electron chi connectivity index (χ0n) is 15.4. The average molecular weight is 460 g/mol. The van der Waals surface area contributed by atoms with Crippen molar-refractivity contribution in [2.24, 2.45) is 5.92 Å². The van der Waals surface area contributed by atoms with Gasteiger partial charge in [-0.2, -0.15) is 0 Å². The molecule has 3 heterocycles. The van der Waals surface area contributed by atoms with Crippen LogP contribution in [0.1, 0.15) is 19.7 Å². The number of aromatic nitrogens is 5. The summed E-state index contributed by atoms with van der Waals surface area (Å²) < 4.78 is 14.4. The molecule has 3 aromatic heterocycles. The van der Waals surface area contributed by atoms with Crippen LogP contribution in [-0.4, -0.2) is 25.0 Å². The predicted molar refractivity (Wildman–Crippen MR) is 110 cm³/mol. The van der Waals surface area contributed by atoms with Crippen LogP contribution >= 0.6 is 27.7 Å². The molecule has 0 bridgehead atoms. The number of rotatable bonds is 7. The van der Waals surface area contributed by atoms with Gasteiger partial charge in [0.25, 0.3) is 0 Å². The molecular formula is C19H18BrN5O2S. The van der Waals surface area contributed by atoms with E-state index < -0.39 is 0 Å². The summed E-state index contributed by atoms with van der Waals surface area (Å²) in [4.78, 5) is 0. The molecular weight excluding hydrogens is 442 g/mol. The van der Waals surface area contributed by atoms with Gasteiger partial charge in [0.15, 0.2) is 16.7 Å². The Morgan fingerprint density at radius 2 is 1.89 bits per heavy atom. The molecule has 0 saturated heterocycles. The van der Waals surface area contributed by atoms with Crippen molar-refractivity contribution in [3.63, 3.8) is 0 Å². The Morgan fingerprint density at radius 1 is 1.07 bits per heavy atom. The minimum absolute atomic E-state index is 0.441. The highest BCUT2D eigenvalue weighted by Gasteiger charge is 2.18. The number of nitrogens with zero attached hydrogens (tertiary/aromatic N) is 5. The highest BCUT2D eigenvalue weighted by atomic mass is 79.9. The maximum Gasteiger partial charge on any atom is 0.247 e. The van der Waals surface area contributed by atoms with Crippen molar-refractivity contribution in [1.82, 2.24) is 25.0 Å². The molecule has 0 aliphatic rings. The second-order valence-electron chi connectivity index (χ2n) is 6.58. The summed E-state index contributed by atoms with van der Waals surface area (Å²) in [5.41, 5.74) is 0.884. The van der Waals surface area contributed by atoms with Crippen LogP contribution in [-0.2, 0) is 12.3 Å². The summed E-state index contributed by atoms with van der Waals surface area (Å²) in [7, 11) is 0. The highest BCUT2D eigenvalue weighted by molar-refractivity contribution is 9.10. The predicted octanol–water partition coefficient (Wildman–Crippen LogP) is 5.30. The van der Waals surface area contributed by atoms with Crippen LogP contribution in [0.3, 0.4) is 0 Å². The number of hydrogen-bond acceptors (Lipinski definition) is 7. The molecule has 0 amide bonds. The summed E-state index contributed by atoms with van der Waals surface area (Å²) in [6, 6.07) is 11.5. The zero-order chi connectivity index (χ0) is 19.5. The fourth-order valence-corrected chi connectivity index (χ4v) is 3.71. The Hall–Kier alpha value is -2.39. The summed E-state index contributed by atoms with van der Waals surface area (Å²) in [5, 5.41) is 17.7. The number of furan rings is 1. The van der Waals surface area contributed by atoms with Gasteiger partial charge in [0.1, 0.15) is 0 Å². The largest absolute Gasteiger partial charge is 0.461 e.